The quantitative estimate of drug-likeness (QED) is 0.252. The van der Waals surface area contributed by atoms with Crippen molar-refractivity contribution in [3.63, 3.8) is 0 Å². The van der Waals surface area contributed by atoms with Crippen LogP contribution in [0.2, 0.25) is 0 Å². The molecule has 10 heteroatoms. The van der Waals surface area contributed by atoms with E-state index in [1.165, 1.54) is 12.4 Å². The largest absolute Gasteiger partial charge is 0.359 e. The lowest BCUT2D eigenvalue weighted by molar-refractivity contribution is -0.384. The molecule has 10 nitrogen and oxygen atoms in total. The van der Waals surface area contributed by atoms with Crippen molar-refractivity contribution in [1.29, 1.82) is 0 Å². The summed E-state index contributed by atoms with van der Waals surface area (Å²) in [6.07, 6.45) is 6.94. The average Bonchev–Trinajstić information content (AvgIpc) is 3.14. The molecule has 0 aliphatic rings. The van der Waals surface area contributed by atoms with Crippen molar-refractivity contribution in [1.82, 2.24) is 20.8 Å². The number of fused-ring (bicyclic) bond motifs is 1. The van der Waals surface area contributed by atoms with Crippen molar-refractivity contribution in [3.8, 4) is 0 Å². The second kappa shape index (κ2) is 11.4. The summed E-state index contributed by atoms with van der Waals surface area (Å²) in [6.45, 7) is 5.44. The summed E-state index contributed by atoms with van der Waals surface area (Å²) in [5, 5.41) is 22.1. The highest BCUT2D eigenvalue weighted by atomic mass is 16.6. The molecule has 0 unspecified atom stereocenters. The van der Waals surface area contributed by atoms with Crippen molar-refractivity contribution >= 4 is 22.5 Å². The predicted octanol–water partition coefficient (Wildman–Crippen LogP) is 1.27. The maximum Gasteiger partial charge on any atom is 0.333 e. The number of nitrogens with zero attached hydrogens (tertiary/aromatic N) is 4. The van der Waals surface area contributed by atoms with E-state index in [-0.39, 0.29) is 11.3 Å². The Morgan fingerprint density at radius 1 is 1.15 bits per heavy atom. The van der Waals surface area contributed by atoms with Gasteiger partial charge in [0.25, 0.3) is 0 Å². The smallest absolute Gasteiger partial charge is 0.333 e. The summed E-state index contributed by atoms with van der Waals surface area (Å²) in [4.78, 5) is 16.7. The van der Waals surface area contributed by atoms with E-state index in [4.69, 9.17) is 10.3 Å². The number of nitro groups is 1. The molecule has 0 aliphatic heterocycles. The molecule has 4 N–H and O–H groups in total. The first kappa shape index (κ1) is 21.0. The van der Waals surface area contributed by atoms with Crippen molar-refractivity contribution in [2.45, 2.75) is 25.7 Å². The maximum atomic E-state index is 11.0. The second-order valence-corrected chi connectivity index (χ2v) is 6.42. The Morgan fingerprint density at radius 3 is 2.48 bits per heavy atom. The van der Waals surface area contributed by atoms with Crippen molar-refractivity contribution < 1.29 is 9.45 Å². The molecule has 2 heterocycles. The number of anilines is 1. The summed E-state index contributed by atoms with van der Waals surface area (Å²) < 4.78 is 5.03. The van der Waals surface area contributed by atoms with Crippen LogP contribution in [0.1, 0.15) is 25.7 Å². The molecule has 0 aromatic carbocycles. The van der Waals surface area contributed by atoms with Crippen LogP contribution >= 0.6 is 0 Å². The van der Waals surface area contributed by atoms with E-state index in [2.05, 4.69) is 20.8 Å². The van der Waals surface area contributed by atoms with Gasteiger partial charge in [-0.1, -0.05) is 5.16 Å². The first-order valence-corrected chi connectivity index (χ1v) is 9.35. The van der Waals surface area contributed by atoms with Crippen LogP contribution in [0.4, 0.5) is 11.5 Å². The van der Waals surface area contributed by atoms with Gasteiger partial charge in [0.1, 0.15) is 12.0 Å². The van der Waals surface area contributed by atoms with Crippen molar-refractivity contribution in [2.75, 3.05) is 51.2 Å². The second-order valence-electron chi connectivity index (χ2n) is 6.42. The minimum atomic E-state index is -0.512. The molecule has 0 fully saturated rings. The molecule has 150 valence electrons. The third kappa shape index (κ3) is 6.42. The molecule has 0 atom stereocenters. The summed E-state index contributed by atoms with van der Waals surface area (Å²) >= 11 is 0. The Labute approximate surface area is 158 Å². The molecule has 0 spiro atoms. The van der Waals surface area contributed by atoms with E-state index in [9.17, 15) is 10.1 Å². The fourth-order valence-electron chi connectivity index (χ4n) is 2.79. The van der Waals surface area contributed by atoms with E-state index >= 15 is 0 Å². The van der Waals surface area contributed by atoms with Gasteiger partial charge in [0.15, 0.2) is 0 Å². The monoisotopic (exact) mass is 379 g/mol. The number of aromatic nitrogens is 2. The number of nitrogens with one attached hydrogen (secondary N) is 2. The number of unbranched alkanes of at least 4 members (excludes halogenated alkanes) is 1. The fraction of sp³-hybridized carbons (Fsp3) is 0.647. The molecule has 2 rings (SSSR count). The summed E-state index contributed by atoms with van der Waals surface area (Å²) in [5.41, 5.74) is 5.44. The first-order chi connectivity index (χ1) is 13.1. The van der Waals surface area contributed by atoms with E-state index in [1.807, 2.05) is 11.9 Å². The maximum absolute atomic E-state index is 11.0. The molecule has 0 amide bonds. The third-order valence-electron chi connectivity index (χ3n) is 4.27. The van der Waals surface area contributed by atoms with Crippen LogP contribution in [0.15, 0.2) is 16.9 Å². The molecular formula is C17H29N7O3. The van der Waals surface area contributed by atoms with Gasteiger partial charge in [0.05, 0.1) is 16.5 Å². The first-order valence-electron chi connectivity index (χ1n) is 9.35. The van der Waals surface area contributed by atoms with Gasteiger partial charge in [-0.15, -0.1) is 0 Å². The van der Waals surface area contributed by atoms with E-state index in [0.717, 1.165) is 65.0 Å². The lowest BCUT2D eigenvalue weighted by Crippen LogP contribution is -2.25. The Balaban J connectivity index is 1.66. The molecule has 2 aromatic heterocycles. The molecule has 0 aliphatic carbocycles. The van der Waals surface area contributed by atoms with Crippen LogP contribution in [0, 0.1) is 10.1 Å². The van der Waals surface area contributed by atoms with Crippen LogP contribution in [-0.2, 0) is 0 Å². The molecule has 0 radical (unpaired) electrons. The van der Waals surface area contributed by atoms with Gasteiger partial charge in [-0.2, -0.15) is 0 Å². The highest BCUT2D eigenvalue weighted by molar-refractivity contribution is 5.93. The topological polar surface area (TPSA) is 135 Å². The lowest BCUT2D eigenvalue weighted by Gasteiger charge is -2.18. The van der Waals surface area contributed by atoms with E-state index in [1.54, 1.807) is 0 Å². The molecule has 0 bridgehead atoms. The van der Waals surface area contributed by atoms with Crippen LogP contribution < -0.4 is 21.3 Å². The molecule has 27 heavy (non-hydrogen) atoms. The summed E-state index contributed by atoms with van der Waals surface area (Å²) in [6, 6.07) is 0. The fourth-order valence-corrected chi connectivity index (χ4v) is 2.79. The standard InChI is InChI=1S/C17H29N7O3/c1-23(11-5-10-20-8-3-2-7-19-9-4-6-18)17-14-12-22-27-16(14)15(13-21-17)24(25)26/h12-13,19-20H,2-11,18H2,1H3. The molecule has 0 saturated carbocycles. The number of hydrogen-bond donors (Lipinski definition) is 3. The lowest BCUT2D eigenvalue weighted by atomic mass is 10.2. The van der Waals surface area contributed by atoms with Gasteiger partial charge >= 0.3 is 5.69 Å². The van der Waals surface area contributed by atoms with E-state index < -0.39 is 4.92 Å². The molecular weight excluding hydrogens is 350 g/mol. The van der Waals surface area contributed by atoms with Gasteiger partial charge in [-0.05, 0) is 58.4 Å². The van der Waals surface area contributed by atoms with E-state index in [0.29, 0.717) is 11.2 Å². The number of nitrogens with two attached hydrogens (primary N) is 1. The van der Waals surface area contributed by atoms with Crippen LogP contribution in [-0.4, -0.2) is 61.4 Å². The van der Waals surface area contributed by atoms with Crippen LogP contribution in [0.3, 0.4) is 0 Å². The molecule has 2 aromatic rings. The zero-order valence-corrected chi connectivity index (χ0v) is 15.8. The summed E-state index contributed by atoms with van der Waals surface area (Å²) in [5.74, 6) is 0.639. The highest BCUT2D eigenvalue weighted by Gasteiger charge is 2.21. The predicted molar refractivity (Wildman–Crippen MR) is 105 cm³/mol. The minimum absolute atomic E-state index is 0.162. The number of rotatable bonds is 14. The number of hydrogen-bond acceptors (Lipinski definition) is 9. The molecule has 0 saturated heterocycles. The Bertz CT molecular complexity index is 707. The van der Waals surface area contributed by atoms with Gasteiger partial charge in [-0.25, -0.2) is 4.98 Å². The van der Waals surface area contributed by atoms with Gasteiger partial charge < -0.3 is 25.8 Å². The van der Waals surface area contributed by atoms with Crippen molar-refractivity contribution in [3.05, 3.63) is 22.5 Å². The van der Waals surface area contributed by atoms with Crippen molar-refractivity contribution in [2.24, 2.45) is 5.73 Å². The SMILES string of the molecule is CN(CCCNCCCCNCCCN)c1ncc([N+](=O)[O-])c2oncc12. The zero-order chi connectivity index (χ0) is 19.5. The average molecular weight is 379 g/mol. The van der Waals surface area contributed by atoms with Crippen LogP contribution in [0.25, 0.3) is 11.0 Å². The normalized spacial score (nSPS) is 11.2. The zero-order valence-electron chi connectivity index (χ0n) is 15.8. The Morgan fingerprint density at radius 2 is 1.81 bits per heavy atom. The van der Waals surface area contributed by atoms with Crippen LogP contribution in [0.5, 0.6) is 0 Å². The highest BCUT2D eigenvalue weighted by Crippen LogP contribution is 2.30. The van der Waals surface area contributed by atoms with Gasteiger partial charge in [-0.3, -0.25) is 10.1 Å². The Kier molecular flexibility index (Phi) is 8.89. The van der Waals surface area contributed by atoms with Gasteiger partial charge in [0, 0.05) is 13.6 Å². The Hall–Kier alpha value is -2.30. The number of pyridine rings is 1. The van der Waals surface area contributed by atoms with Gasteiger partial charge in [0.2, 0.25) is 5.58 Å². The minimum Gasteiger partial charge on any atom is -0.359 e. The summed E-state index contributed by atoms with van der Waals surface area (Å²) in [7, 11) is 1.91. The third-order valence-corrected chi connectivity index (χ3v) is 4.27.